The van der Waals surface area contributed by atoms with E-state index in [-0.39, 0.29) is 12.6 Å². The predicted octanol–water partition coefficient (Wildman–Crippen LogP) is 3.86. The van der Waals surface area contributed by atoms with E-state index in [1.807, 2.05) is 69.2 Å². The van der Waals surface area contributed by atoms with Gasteiger partial charge in [-0.05, 0) is 33.2 Å². The maximum atomic E-state index is 9.83. The minimum atomic E-state index is -0.139. The highest BCUT2D eigenvalue weighted by atomic mass is 16.5. The Morgan fingerprint density at radius 3 is 2.66 bits per heavy atom. The summed E-state index contributed by atoms with van der Waals surface area (Å²) in [6.07, 6.45) is 3.43. The van der Waals surface area contributed by atoms with Crippen LogP contribution < -0.4 is 20.7 Å². The lowest BCUT2D eigenvalue weighted by Crippen LogP contribution is -2.29. The first-order valence-corrected chi connectivity index (χ1v) is 12.4. The molecule has 0 bridgehead atoms. The number of nitrogens with two attached hydrogens (primary N) is 1. The average molecular weight is 515 g/mol. The molecule has 4 rings (SSSR count). The zero-order valence-electron chi connectivity index (χ0n) is 22.4. The molecule has 0 amide bonds. The van der Waals surface area contributed by atoms with Gasteiger partial charge in [0.05, 0.1) is 54.3 Å². The molecule has 0 fully saturated rings. The number of nitrogen functional groups attached to an aromatic ring is 1. The third-order valence-corrected chi connectivity index (χ3v) is 6.53. The number of ether oxygens (including phenoxy) is 1. The van der Waals surface area contributed by atoms with E-state index in [9.17, 15) is 10.4 Å². The Kier molecular flexibility index (Phi) is 8.00. The molecule has 198 valence electrons. The lowest BCUT2D eigenvalue weighted by molar-refractivity contribution is 0.241. The Bertz CT molecular complexity index is 1470. The molecule has 38 heavy (non-hydrogen) atoms. The summed E-state index contributed by atoms with van der Waals surface area (Å²) in [5.74, 6) is 0.895. The minimum Gasteiger partial charge on any atom is -0.494 e. The molecule has 10 nitrogen and oxygen atoms in total. The monoisotopic (exact) mass is 514 g/mol. The van der Waals surface area contributed by atoms with Crippen LogP contribution in [0.5, 0.6) is 5.75 Å². The van der Waals surface area contributed by atoms with E-state index in [0.717, 1.165) is 35.2 Å². The first-order chi connectivity index (χ1) is 18.3. The van der Waals surface area contributed by atoms with Gasteiger partial charge in [0.15, 0.2) is 0 Å². The summed E-state index contributed by atoms with van der Waals surface area (Å²) in [5.41, 5.74) is 11.1. The fourth-order valence-corrected chi connectivity index (χ4v) is 4.35. The fourth-order valence-electron chi connectivity index (χ4n) is 4.35. The van der Waals surface area contributed by atoms with Gasteiger partial charge in [-0.1, -0.05) is 18.2 Å². The van der Waals surface area contributed by atoms with E-state index < -0.39 is 0 Å². The summed E-state index contributed by atoms with van der Waals surface area (Å²) >= 11 is 0. The maximum Gasteiger partial charge on any atom is 0.227 e. The number of anilines is 4. The molecule has 0 saturated carbocycles. The first-order valence-electron chi connectivity index (χ1n) is 12.4. The second-order valence-corrected chi connectivity index (χ2v) is 9.53. The second-order valence-electron chi connectivity index (χ2n) is 9.53. The largest absolute Gasteiger partial charge is 0.494 e. The molecular formula is C28H34N8O2. The molecular weight excluding hydrogens is 480 g/mol. The van der Waals surface area contributed by atoms with Gasteiger partial charge in [0.25, 0.3) is 0 Å². The van der Waals surface area contributed by atoms with Crippen LogP contribution >= 0.6 is 0 Å². The number of para-hydroxylation sites is 1. The smallest absolute Gasteiger partial charge is 0.227 e. The third-order valence-electron chi connectivity index (χ3n) is 6.53. The standard InChI is InChI=1S/C28H34N8O2/c1-18(17-37)36-16-21(20-8-6-7-9-24(20)36)27-19(14-29)15-31-28(33-27)32-23-12-22(30)25(13-26(23)38-5)35(4)11-10-34(2)3/h6-9,12-13,15-16,18,37H,10-11,17,30H2,1-5H3,(H,31,32,33). The van der Waals surface area contributed by atoms with Crippen molar-refractivity contribution < 1.29 is 9.84 Å². The molecule has 1 unspecified atom stereocenters. The van der Waals surface area contributed by atoms with Gasteiger partial charge in [0.2, 0.25) is 5.95 Å². The van der Waals surface area contributed by atoms with E-state index in [2.05, 4.69) is 26.2 Å². The van der Waals surface area contributed by atoms with Gasteiger partial charge in [-0.25, -0.2) is 9.97 Å². The molecule has 2 heterocycles. The van der Waals surface area contributed by atoms with Crippen LogP contribution in [0.2, 0.25) is 0 Å². The number of nitrogens with one attached hydrogen (secondary N) is 1. The molecule has 4 aromatic rings. The average Bonchev–Trinajstić information content (AvgIpc) is 3.31. The van der Waals surface area contributed by atoms with Gasteiger partial charge in [-0.15, -0.1) is 0 Å². The van der Waals surface area contributed by atoms with Gasteiger partial charge in [0.1, 0.15) is 11.8 Å². The molecule has 0 aliphatic carbocycles. The van der Waals surface area contributed by atoms with E-state index in [1.54, 1.807) is 13.2 Å². The van der Waals surface area contributed by atoms with Crippen molar-refractivity contribution in [2.24, 2.45) is 0 Å². The third kappa shape index (κ3) is 5.34. The molecule has 4 N–H and O–H groups in total. The Morgan fingerprint density at radius 2 is 1.97 bits per heavy atom. The van der Waals surface area contributed by atoms with Crippen molar-refractivity contribution in [1.29, 1.82) is 5.26 Å². The van der Waals surface area contributed by atoms with Gasteiger partial charge in [-0.2, -0.15) is 5.26 Å². The zero-order chi connectivity index (χ0) is 27.4. The Balaban J connectivity index is 1.74. The van der Waals surface area contributed by atoms with E-state index in [1.165, 1.54) is 6.20 Å². The molecule has 2 aromatic carbocycles. The molecule has 1 atom stereocenters. The molecule has 0 aliphatic heterocycles. The number of nitrogens with zero attached hydrogens (tertiary/aromatic N) is 6. The number of benzene rings is 2. The van der Waals surface area contributed by atoms with Crippen LogP contribution in [0.25, 0.3) is 22.2 Å². The number of fused-ring (bicyclic) bond motifs is 1. The summed E-state index contributed by atoms with van der Waals surface area (Å²) < 4.78 is 7.65. The quantitative estimate of drug-likeness (QED) is 0.270. The summed E-state index contributed by atoms with van der Waals surface area (Å²) in [6, 6.07) is 13.6. The van der Waals surface area contributed by atoms with E-state index in [0.29, 0.717) is 34.3 Å². The van der Waals surface area contributed by atoms with Crippen LogP contribution in [0.3, 0.4) is 0 Å². The van der Waals surface area contributed by atoms with E-state index >= 15 is 0 Å². The Morgan fingerprint density at radius 1 is 1.21 bits per heavy atom. The first kappa shape index (κ1) is 26.7. The zero-order valence-corrected chi connectivity index (χ0v) is 22.4. The molecule has 0 aliphatic rings. The van der Waals surface area contributed by atoms with Crippen molar-refractivity contribution in [2.75, 3.05) is 63.9 Å². The number of rotatable bonds is 10. The Hall–Kier alpha value is -4.33. The summed E-state index contributed by atoms with van der Waals surface area (Å²) in [7, 11) is 7.65. The SMILES string of the molecule is COc1cc(N(C)CCN(C)C)c(N)cc1Nc1ncc(C#N)c(-c2cn(C(C)CO)c3ccccc23)n1. The highest BCUT2D eigenvalue weighted by Crippen LogP contribution is 2.37. The van der Waals surface area contributed by atoms with Crippen molar-refractivity contribution in [3.63, 3.8) is 0 Å². The summed E-state index contributed by atoms with van der Waals surface area (Å²) in [5, 5.41) is 23.8. The highest BCUT2D eigenvalue weighted by molar-refractivity contribution is 5.96. The molecule has 0 radical (unpaired) electrons. The van der Waals surface area contributed by atoms with Gasteiger partial charge in [0, 0.05) is 48.9 Å². The number of aromatic nitrogens is 3. The van der Waals surface area contributed by atoms with Crippen LogP contribution in [0.15, 0.2) is 48.8 Å². The summed E-state index contributed by atoms with van der Waals surface area (Å²) in [6.45, 7) is 3.61. The molecule has 0 saturated heterocycles. The fraction of sp³-hybridized carbons (Fsp3) is 0.321. The number of likely N-dealkylation sites (N-methyl/N-ethyl adjacent to an activating group) is 2. The van der Waals surface area contributed by atoms with Gasteiger partial charge >= 0.3 is 0 Å². The lowest BCUT2D eigenvalue weighted by atomic mass is 10.1. The van der Waals surface area contributed by atoms with Crippen molar-refractivity contribution >= 4 is 33.9 Å². The number of nitriles is 1. The van der Waals surface area contributed by atoms with E-state index in [4.69, 9.17) is 15.5 Å². The van der Waals surface area contributed by atoms with Crippen molar-refractivity contribution in [3.8, 4) is 23.1 Å². The molecule has 10 heteroatoms. The van der Waals surface area contributed by atoms with Crippen molar-refractivity contribution in [2.45, 2.75) is 13.0 Å². The second kappa shape index (κ2) is 11.4. The minimum absolute atomic E-state index is 0.0126. The van der Waals surface area contributed by atoms with Gasteiger partial charge in [-0.3, -0.25) is 0 Å². The van der Waals surface area contributed by atoms with Gasteiger partial charge < -0.3 is 35.3 Å². The number of aliphatic hydroxyl groups is 1. The number of hydrogen-bond donors (Lipinski definition) is 3. The van der Waals surface area contributed by atoms with Crippen LogP contribution in [0.4, 0.5) is 23.0 Å². The number of aliphatic hydroxyl groups excluding tert-OH is 1. The normalized spacial score (nSPS) is 11.9. The van der Waals surface area contributed by atoms with Crippen LogP contribution in [-0.4, -0.2) is 72.5 Å². The number of methoxy groups -OCH3 is 1. The lowest BCUT2D eigenvalue weighted by Gasteiger charge is -2.24. The Labute approximate surface area is 222 Å². The van der Waals surface area contributed by atoms with Crippen molar-refractivity contribution in [1.82, 2.24) is 19.4 Å². The maximum absolute atomic E-state index is 9.83. The molecule has 0 spiro atoms. The predicted molar refractivity (Wildman–Crippen MR) is 152 cm³/mol. The molecule has 2 aromatic heterocycles. The topological polar surface area (TPSA) is 128 Å². The highest BCUT2D eigenvalue weighted by Gasteiger charge is 2.19. The summed E-state index contributed by atoms with van der Waals surface area (Å²) in [4.78, 5) is 13.3. The van der Waals surface area contributed by atoms with Crippen LogP contribution in [-0.2, 0) is 0 Å². The van der Waals surface area contributed by atoms with Crippen molar-refractivity contribution in [3.05, 3.63) is 54.4 Å². The number of hydrogen-bond acceptors (Lipinski definition) is 9. The van der Waals surface area contributed by atoms with Crippen LogP contribution in [0, 0.1) is 11.3 Å². The van der Waals surface area contributed by atoms with Crippen LogP contribution in [0.1, 0.15) is 18.5 Å².